The molecule has 0 amide bonds. The van der Waals surface area contributed by atoms with Gasteiger partial charge in [0.1, 0.15) is 0 Å². The van der Waals surface area contributed by atoms with Gasteiger partial charge in [-0.25, -0.2) is 14.8 Å². The summed E-state index contributed by atoms with van der Waals surface area (Å²) in [7, 11) is 0. The molecule has 0 aliphatic rings. The molecule has 100 valence electrons. The van der Waals surface area contributed by atoms with E-state index < -0.39 is 5.97 Å². The molecule has 0 aliphatic carbocycles. The van der Waals surface area contributed by atoms with Crippen molar-refractivity contribution < 1.29 is 14.6 Å². The van der Waals surface area contributed by atoms with Gasteiger partial charge in [0.15, 0.2) is 5.69 Å². The quantitative estimate of drug-likeness (QED) is 0.684. The summed E-state index contributed by atoms with van der Waals surface area (Å²) in [5.74, 6) is -0.696. The minimum absolute atomic E-state index is 0.0677. The molecule has 5 nitrogen and oxygen atoms in total. The predicted molar refractivity (Wildman–Crippen MR) is 67.9 cm³/mol. The molecule has 0 saturated heterocycles. The largest absolute Gasteiger partial charge is 0.477 e. The van der Waals surface area contributed by atoms with Gasteiger partial charge in [0.2, 0.25) is 5.88 Å². The lowest BCUT2D eigenvalue weighted by Gasteiger charge is -2.04. The van der Waals surface area contributed by atoms with E-state index in [9.17, 15) is 4.79 Å². The standard InChI is InChI=1S/C13H20N2O3/c1-2-3-4-5-6-7-8-18-12-10-14-11(9-15-12)13(16)17/h9-10H,2-8H2,1H3,(H,16,17). The first-order valence-electron chi connectivity index (χ1n) is 6.42. The third-order valence-electron chi connectivity index (χ3n) is 2.60. The van der Waals surface area contributed by atoms with E-state index in [-0.39, 0.29) is 5.69 Å². The van der Waals surface area contributed by atoms with Crippen LogP contribution >= 0.6 is 0 Å². The van der Waals surface area contributed by atoms with Crippen molar-refractivity contribution in [2.24, 2.45) is 0 Å². The zero-order valence-electron chi connectivity index (χ0n) is 10.8. The number of carboxylic acid groups (broad SMARTS) is 1. The van der Waals surface area contributed by atoms with E-state index in [2.05, 4.69) is 16.9 Å². The Morgan fingerprint density at radius 3 is 2.50 bits per heavy atom. The van der Waals surface area contributed by atoms with Crippen LogP contribution < -0.4 is 4.74 Å². The van der Waals surface area contributed by atoms with Crippen LogP contribution in [0.15, 0.2) is 12.4 Å². The lowest BCUT2D eigenvalue weighted by Crippen LogP contribution is -2.04. The highest BCUT2D eigenvalue weighted by molar-refractivity contribution is 5.84. The van der Waals surface area contributed by atoms with Crippen LogP contribution in [0.5, 0.6) is 5.88 Å². The highest BCUT2D eigenvalue weighted by Gasteiger charge is 2.04. The highest BCUT2D eigenvalue weighted by atomic mass is 16.5. The molecule has 1 rings (SSSR count). The monoisotopic (exact) mass is 252 g/mol. The summed E-state index contributed by atoms with van der Waals surface area (Å²) in [6.45, 7) is 2.80. The number of carboxylic acids is 1. The molecule has 1 N–H and O–H groups in total. The summed E-state index contributed by atoms with van der Waals surface area (Å²) in [4.78, 5) is 18.2. The van der Waals surface area contributed by atoms with Crippen molar-refractivity contribution in [3.05, 3.63) is 18.1 Å². The van der Waals surface area contributed by atoms with Gasteiger partial charge in [-0.3, -0.25) is 0 Å². The van der Waals surface area contributed by atoms with Crippen LogP contribution in [0.25, 0.3) is 0 Å². The number of hydrogen-bond donors (Lipinski definition) is 1. The van der Waals surface area contributed by atoms with E-state index in [0.717, 1.165) is 12.8 Å². The maximum absolute atomic E-state index is 10.6. The van der Waals surface area contributed by atoms with Crippen LogP contribution in [0.2, 0.25) is 0 Å². The highest BCUT2D eigenvalue weighted by Crippen LogP contribution is 2.08. The predicted octanol–water partition coefficient (Wildman–Crippen LogP) is 2.91. The first-order chi connectivity index (χ1) is 8.74. The molecule has 1 heterocycles. The second-order valence-electron chi connectivity index (χ2n) is 4.16. The molecule has 0 atom stereocenters. The van der Waals surface area contributed by atoms with Crippen LogP contribution in [0.1, 0.15) is 55.9 Å². The van der Waals surface area contributed by atoms with Gasteiger partial charge in [-0.2, -0.15) is 0 Å². The molecule has 0 unspecified atom stereocenters. The van der Waals surface area contributed by atoms with E-state index in [0.29, 0.717) is 12.5 Å². The molecule has 0 aliphatic heterocycles. The van der Waals surface area contributed by atoms with Crippen molar-refractivity contribution in [2.75, 3.05) is 6.61 Å². The Labute approximate surface area is 107 Å². The number of unbranched alkanes of at least 4 members (excludes halogenated alkanes) is 5. The van der Waals surface area contributed by atoms with Gasteiger partial charge in [0.25, 0.3) is 0 Å². The average molecular weight is 252 g/mol. The van der Waals surface area contributed by atoms with Crippen LogP contribution in [0.4, 0.5) is 0 Å². The van der Waals surface area contributed by atoms with Gasteiger partial charge in [-0.05, 0) is 6.42 Å². The number of rotatable bonds is 9. The number of carbonyl (C=O) groups is 1. The number of aromatic carboxylic acids is 1. The normalized spacial score (nSPS) is 10.3. The molecular formula is C13H20N2O3. The second kappa shape index (κ2) is 8.44. The van der Waals surface area contributed by atoms with Gasteiger partial charge < -0.3 is 9.84 Å². The summed E-state index contributed by atoms with van der Waals surface area (Å²) in [6, 6.07) is 0. The molecule has 0 radical (unpaired) electrons. The number of ether oxygens (including phenoxy) is 1. The Morgan fingerprint density at radius 2 is 1.89 bits per heavy atom. The average Bonchev–Trinajstić information content (AvgIpc) is 2.38. The van der Waals surface area contributed by atoms with Crippen molar-refractivity contribution in [3.63, 3.8) is 0 Å². The molecule has 0 saturated carbocycles. The minimum Gasteiger partial charge on any atom is -0.477 e. The molecule has 5 heteroatoms. The van der Waals surface area contributed by atoms with Crippen molar-refractivity contribution in [3.8, 4) is 5.88 Å². The summed E-state index contributed by atoms with van der Waals surface area (Å²) in [5.41, 5.74) is -0.0677. The summed E-state index contributed by atoms with van der Waals surface area (Å²) in [5, 5.41) is 8.65. The Bertz CT molecular complexity index is 352. The molecule has 0 fully saturated rings. The fraction of sp³-hybridized carbons (Fsp3) is 0.615. The zero-order valence-corrected chi connectivity index (χ0v) is 10.8. The van der Waals surface area contributed by atoms with E-state index in [1.807, 2.05) is 0 Å². The minimum atomic E-state index is -1.08. The molecule has 0 aromatic carbocycles. The maximum Gasteiger partial charge on any atom is 0.356 e. The molecular weight excluding hydrogens is 232 g/mol. The van der Waals surface area contributed by atoms with Crippen LogP contribution in [-0.4, -0.2) is 27.7 Å². The number of aromatic nitrogens is 2. The summed E-state index contributed by atoms with van der Waals surface area (Å²) < 4.78 is 5.38. The first-order valence-corrected chi connectivity index (χ1v) is 6.42. The van der Waals surface area contributed by atoms with Gasteiger partial charge in [0.05, 0.1) is 19.0 Å². The maximum atomic E-state index is 10.6. The van der Waals surface area contributed by atoms with Crippen molar-refractivity contribution in [2.45, 2.75) is 45.4 Å². The van der Waals surface area contributed by atoms with E-state index in [1.54, 1.807) is 0 Å². The van der Waals surface area contributed by atoms with Crippen LogP contribution in [0.3, 0.4) is 0 Å². The van der Waals surface area contributed by atoms with Gasteiger partial charge in [-0.1, -0.05) is 39.0 Å². The third-order valence-corrected chi connectivity index (χ3v) is 2.60. The lowest BCUT2D eigenvalue weighted by molar-refractivity contribution is 0.0689. The summed E-state index contributed by atoms with van der Waals surface area (Å²) >= 11 is 0. The number of nitrogens with zero attached hydrogens (tertiary/aromatic N) is 2. The Morgan fingerprint density at radius 1 is 1.17 bits per heavy atom. The smallest absolute Gasteiger partial charge is 0.356 e. The third kappa shape index (κ3) is 5.61. The fourth-order valence-electron chi connectivity index (χ4n) is 1.56. The Kier molecular flexibility index (Phi) is 6.76. The van der Waals surface area contributed by atoms with Crippen molar-refractivity contribution >= 4 is 5.97 Å². The summed E-state index contributed by atoms with van der Waals surface area (Å²) in [6.07, 6.45) is 9.77. The molecule has 0 bridgehead atoms. The van der Waals surface area contributed by atoms with Gasteiger partial charge >= 0.3 is 5.97 Å². The second-order valence-corrected chi connectivity index (χ2v) is 4.16. The molecule has 1 aromatic rings. The van der Waals surface area contributed by atoms with Gasteiger partial charge in [0, 0.05) is 0 Å². The molecule has 1 aromatic heterocycles. The molecule has 0 spiro atoms. The zero-order chi connectivity index (χ0) is 13.2. The SMILES string of the molecule is CCCCCCCCOc1cnc(C(=O)O)cn1. The van der Waals surface area contributed by atoms with E-state index in [4.69, 9.17) is 9.84 Å². The van der Waals surface area contributed by atoms with Crippen LogP contribution in [0, 0.1) is 0 Å². The first kappa shape index (κ1) is 14.4. The van der Waals surface area contributed by atoms with Crippen molar-refractivity contribution in [1.29, 1.82) is 0 Å². The lowest BCUT2D eigenvalue weighted by atomic mass is 10.1. The topological polar surface area (TPSA) is 72.3 Å². The van der Waals surface area contributed by atoms with E-state index in [1.165, 1.54) is 38.1 Å². The van der Waals surface area contributed by atoms with E-state index >= 15 is 0 Å². The van der Waals surface area contributed by atoms with Crippen molar-refractivity contribution in [1.82, 2.24) is 9.97 Å². The molecule has 18 heavy (non-hydrogen) atoms. The Balaban J connectivity index is 2.14. The fourth-order valence-corrected chi connectivity index (χ4v) is 1.56. The van der Waals surface area contributed by atoms with Gasteiger partial charge in [-0.15, -0.1) is 0 Å². The Hall–Kier alpha value is -1.65. The van der Waals surface area contributed by atoms with Crippen LogP contribution in [-0.2, 0) is 0 Å². The number of hydrogen-bond acceptors (Lipinski definition) is 4.